The van der Waals surface area contributed by atoms with Gasteiger partial charge in [-0.25, -0.2) is 9.78 Å². The lowest BCUT2D eigenvalue weighted by Crippen LogP contribution is -2.21. The van der Waals surface area contributed by atoms with Crippen molar-refractivity contribution in [1.29, 1.82) is 0 Å². The molecule has 138 valence electrons. The molecular weight excluding hydrogens is 364 g/mol. The highest BCUT2D eigenvalue weighted by atomic mass is 32.1. The molecule has 0 aliphatic carbocycles. The monoisotopic (exact) mass is 382 g/mol. The van der Waals surface area contributed by atoms with Crippen molar-refractivity contribution in [2.24, 2.45) is 0 Å². The van der Waals surface area contributed by atoms with Crippen LogP contribution in [0.5, 0.6) is 5.75 Å². The van der Waals surface area contributed by atoms with Crippen LogP contribution in [0.3, 0.4) is 0 Å². The zero-order valence-electron chi connectivity index (χ0n) is 14.9. The van der Waals surface area contributed by atoms with E-state index in [4.69, 9.17) is 9.47 Å². The fourth-order valence-corrected chi connectivity index (χ4v) is 3.15. The number of hydrogen-bond donors (Lipinski definition) is 1. The number of ether oxygens (including phenoxy) is 2. The number of benzene rings is 2. The first-order valence-corrected chi connectivity index (χ1v) is 9.07. The number of rotatable bonds is 6. The van der Waals surface area contributed by atoms with E-state index in [1.54, 1.807) is 18.6 Å². The van der Waals surface area contributed by atoms with Crippen LogP contribution in [-0.2, 0) is 9.53 Å². The second-order valence-electron chi connectivity index (χ2n) is 5.76. The molecule has 3 rings (SSSR count). The number of nitrogens with one attached hydrogen (secondary N) is 1. The van der Waals surface area contributed by atoms with Crippen LogP contribution in [0.1, 0.15) is 16.1 Å². The Balaban J connectivity index is 1.56. The Morgan fingerprint density at radius 3 is 2.63 bits per heavy atom. The number of nitrogens with zero attached hydrogens (tertiary/aromatic N) is 1. The van der Waals surface area contributed by atoms with Crippen molar-refractivity contribution < 1.29 is 19.1 Å². The minimum atomic E-state index is -0.634. The fourth-order valence-electron chi connectivity index (χ4n) is 2.36. The summed E-state index contributed by atoms with van der Waals surface area (Å²) >= 11 is 1.33. The summed E-state index contributed by atoms with van der Waals surface area (Å²) < 4.78 is 10.2. The molecule has 7 heteroatoms. The third-order valence-corrected chi connectivity index (χ3v) is 4.58. The van der Waals surface area contributed by atoms with Crippen LogP contribution in [0, 0.1) is 6.92 Å². The van der Waals surface area contributed by atoms with E-state index in [2.05, 4.69) is 10.3 Å². The van der Waals surface area contributed by atoms with Gasteiger partial charge in [0, 0.05) is 16.6 Å². The number of anilines is 1. The molecule has 0 saturated carbocycles. The molecule has 0 atom stereocenters. The van der Waals surface area contributed by atoms with Gasteiger partial charge >= 0.3 is 5.97 Å². The summed E-state index contributed by atoms with van der Waals surface area (Å²) in [5, 5.41) is 4.99. The Hall–Kier alpha value is -3.19. The van der Waals surface area contributed by atoms with Crippen molar-refractivity contribution in [3.63, 3.8) is 0 Å². The standard InChI is InChI=1S/C20H18N2O4S/c1-13-4-3-5-15(10-13)21-18(23)11-26-20(24)17-12-27-19(22-17)14-6-8-16(25-2)9-7-14/h3-10,12H,11H2,1-2H3,(H,21,23). The van der Waals surface area contributed by atoms with Gasteiger partial charge in [-0.15, -0.1) is 11.3 Å². The third-order valence-electron chi connectivity index (χ3n) is 3.69. The average molecular weight is 382 g/mol. The first kappa shape index (κ1) is 18.6. The zero-order chi connectivity index (χ0) is 19.2. The van der Waals surface area contributed by atoms with E-state index in [1.165, 1.54) is 11.3 Å². The van der Waals surface area contributed by atoms with Crippen LogP contribution < -0.4 is 10.1 Å². The Kier molecular flexibility index (Phi) is 5.83. The number of carbonyl (C=O) groups is 2. The number of thiazole rings is 1. The number of esters is 1. The molecular formula is C20H18N2O4S. The predicted molar refractivity (Wildman–Crippen MR) is 104 cm³/mol. The van der Waals surface area contributed by atoms with Crippen molar-refractivity contribution in [2.75, 3.05) is 19.0 Å². The van der Waals surface area contributed by atoms with Crippen LogP contribution in [0.25, 0.3) is 10.6 Å². The number of aryl methyl sites for hydroxylation is 1. The minimum Gasteiger partial charge on any atom is -0.497 e. The van der Waals surface area contributed by atoms with Crippen LogP contribution in [-0.4, -0.2) is 30.6 Å². The first-order chi connectivity index (χ1) is 13.0. The summed E-state index contributed by atoms with van der Waals surface area (Å²) in [5.41, 5.74) is 2.73. The van der Waals surface area contributed by atoms with Gasteiger partial charge in [0.2, 0.25) is 0 Å². The van der Waals surface area contributed by atoms with E-state index in [1.807, 2.05) is 49.4 Å². The zero-order valence-corrected chi connectivity index (χ0v) is 15.7. The highest BCUT2D eigenvalue weighted by Gasteiger charge is 2.15. The lowest BCUT2D eigenvalue weighted by Gasteiger charge is -2.06. The van der Waals surface area contributed by atoms with Crippen molar-refractivity contribution in [3.8, 4) is 16.3 Å². The van der Waals surface area contributed by atoms with Crippen LogP contribution in [0.2, 0.25) is 0 Å². The lowest BCUT2D eigenvalue weighted by atomic mass is 10.2. The van der Waals surface area contributed by atoms with E-state index in [9.17, 15) is 9.59 Å². The summed E-state index contributed by atoms with van der Waals surface area (Å²) in [6.07, 6.45) is 0. The van der Waals surface area contributed by atoms with Gasteiger partial charge in [-0.05, 0) is 48.9 Å². The second-order valence-corrected chi connectivity index (χ2v) is 6.62. The van der Waals surface area contributed by atoms with Gasteiger partial charge in [0.15, 0.2) is 12.3 Å². The Bertz CT molecular complexity index is 951. The summed E-state index contributed by atoms with van der Waals surface area (Å²) in [7, 11) is 1.60. The number of amides is 1. The van der Waals surface area contributed by atoms with Crippen LogP contribution in [0.15, 0.2) is 53.9 Å². The molecule has 1 N–H and O–H groups in total. The van der Waals surface area contributed by atoms with E-state index in [0.717, 1.165) is 16.9 Å². The van der Waals surface area contributed by atoms with Crippen LogP contribution >= 0.6 is 11.3 Å². The molecule has 0 spiro atoms. The molecule has 1 amide bonds. The lowest BCUT2D eigenvalue weighted by molar-refractivity contribution is -0.119. The molecule has 27 heavy (non-hydrogen) atoms. The van der Waals surface area contributed by atoms with Crippen LogP contribution in [0.4, 0.5) is 5.69 Å². The molecule has 3 aromatic rings. The Labute approximate surface area is 160 Å². The SMILES string of the molecule is COc1ccc(-c2nc(C(=O)OCC(=O)Nc3cccc(C)c3)cs2)cc1. The van der Waals surface area contributed by atoms with Gasteiger partial charge < -0.3 is 14.8 Å². The summed E-state index contributed by atoms with van der Waals surface area (Å²) in [6.45, 7) is 1.56. The normalized spacial score (nSPS) is 10.3. The highest BCUT2D eigenvalue weighted by Crippen LogP contribution is 2.26. The summed E-state index contributed by atoms with van der Waals surface area (Å²) in [4.78, 5) is 28.3. The Morgan fingerprint density at radius 1 is 1.15 bits per heavy atom. The maximum Gasteiger partial charge on any atom is 0.358 e. The highest BCUT2D eigenvalue weighted by molar-refractivity contribution is 7.13. The van der Waals surface area contributed by atoms with Gasteiger partial charge in [-0.3, -0.25) is 4.79 Å². The van der Waals surface area contributed by atoms with Crippen molar-refractivity contribution in [3.05, 3.63) is 65.2 Å². The number of carbonyl (C=O) groups excluding carboxylic acids is 2. The molecule has 0 bridgehead atoms. The van der Waals surface area contributed by atoms with E-state index in [0.29, 0.717) is 10.7 Å². The molecule has 2 aromatic carbocycles. The summed E-state index contributed by atoms with van der Waals surface area (Å²) in [6, 6.07) is 14.7. The van der Waals surface area contributed by atoms with Gasteiger partial charge in [0.1, 0.15) is 10.8 Å². The average Bonchev–Trinajstić information content (AvgIpc) is 3.16. The van der Waals surface area contributed by atoms with Gasteiger partial charge in [0.05, 0.1) is 7.11 Å². The molecule has 1 aromatic heterocycles. The Morgan fingerprint density at radius 2 is 1.93 bits per heavy atom. The quantitative estimate of drug-likeness (QED) is 0.654. The molecule has 0 fully saturated rings. The number of hydrogen-bond acceptors (Lipinski definition) is 6. The molecule has 0 saturated heterocycles. The minimum absolute atomic E-state index is 0.175. The second kappa shape index (κ2) is 8.46. The fraction of sp³-hybridized carbons (Fsp3) is 0.150. The molecule has 0 aliphatic rings. The van der Waals surface area contributed by atoms with E-state index < -0.39 is 11.9 Å². The first-order valence-electron chi connectivity index (χ1n) is 8.19. The van der Waals surface area contributed by atoms with Crippen molar-refractivity contribution in [1.82, 2.24) is 4.98 Å². The van der Waals surface area contributed by atoms with E-state index in [-0.39, 0.29) is 12.3 Å². The maximum absolute atomic E-state index is 12.1. The maximum atomic E-state index is 12.1. The topological polar surface area (TPSA) is 77.5 Å². The molecule has 0 aliphatic heterocycles. The number of aromatic nitrogens is 1. The molecule has 0 radical (unpaired) electrons. The van der Waals surface area contributed by atoms with Gasteiger partial charge in [0.25, 0.3) is 5.91 Å². The largest absolute Gasteiger partial charge is 0.497 e. The van der Waals surface area contributed by atoms with Crippen molar-refractivity contribution in [2.45, 2.75) is 6.92 Å². The van der Waals surface area contributed by atoms with E-state index >= 15 is 0 Å². The van der Waals surface area contributed by atoms with Gasteiger partial charge in [-0.1, -0.05) is 12.1 Å². The molecule has 1 heterocycles. The number of methoxy groups -OCH3 is 1. The van der Waals surface area contributed by atoms with Crippen molar-refractivity contribution >= 4 is 28.9 Å². The molecule has 6 nitrogen and oxygen atoms in total. The predicted octanol–water partition coefficient (Wildman–Crippen LogP) is 3.92. The third kappa shape index (κ3) is 4.92. The smallest absolute Gasteiger partial charge is 0.358 e. The molecule has 0 unspecified atom stereocenters. The summed E-state index contributed by atoms with van der Waals surface area (Å²) in [5.74, 6) is -0.292. The van der Waals surface area contributed by atoms with Gasteiger partial charge in [-0.2, -0.15) is 0 Å².